The highest BCUT2D eigenvalue weighted by atomic mass is 127. The van der Waals surface area contributed by atoms with Crippen LogP contribution >= 0.6 is 57.6 Å². The van der Waals surface area contributed by atoms with Crippen LogP contribution in [-0.2, 0) is 11.8 Å². The Kier molecular flexibility index (Phi) is 9.64. The first-order chi connectivity index (χ1) is 16.1. The van der Waals surface area contributed by atoms with Crippen molar-refractivity contribution in [2.24, 2.45) is 13.0 Å². The Bertz CT molecular complexity index is 1170. The van der Waals surface area contributed by atoms with Gasteiger partial charge in [-0.1, -0.05) is 48.8 Å². The van der Waals surface area contributed by atoms with Gasteiger partial charge in [-0.25, -0.2) is 0 Å². The van der Waals surface area contributed by atoms with Gasteiger partial charge in [-0.15, -0.1) is 10.2 Å². The lowest BCUT2D eigenvalue weighted by Crippen LogP contribution is -2.31. The minimum absolute atomic E-state index is 0.139. The molecule has 2 aromatic carbocycles. The minimum Gasteiger partial charge on any atom is -0.342 e. The monoisotopic (exact) mass is 631 g/mol. The van der Waals surface area contributed by atoms with Crippen LogP contribution in [0.25, 0.3) is 0 Å². The summed E-state index contributed by atoms with van der Waals surface area (Å²) >= 11 is 15.7. The maximum atomic E-state index is 12.9. The maximum absolute atomic E-state index is 12.9. The molecule has 1 aromatic heterocycles. The maximum Gasteiger partial charge on any atom is 0.253 e. The quantitative estimate of drug-likeness (QED) is 0.224. The van der Waals surface area contributed by atoms with Gasteiger partial charge in [0.1, 0.15) is 0 Å². The second-order valence-corrected chi connectivity index (χ2v) is 11.1. The molecule has 0 fully saturated rings. The molecular weight excluding hydrogens is 608 g/mol. The van der Waals surface area contributed by atoms with Gasteiger partial charge in [-0.2, -0.15) is 0 Å². The topological polar surface area (TPSA) is 88.9 Å². The van der Waals surface area contributed by atoms with E-state index in [1.54, 1.807) is 16.7 Å². The number of anilines is 1. The zero-order chi connectivity index (χ0) is 24.8. The molecule has 0 bridgehead atoms. The van der Waals surface area contributed by atoms with Crippen LogP contribution < -0.4 is 10.6 Å². The van der Waals surface area contributed by atoms with Gasteiger partial charge in [0.05, 0.1) is 22.4 Å². The molecule has 11 heteroatoms. The first-order valence-electron chi connectivity index (χ1n) is 10.5. The van der Waals surface area contributed by atoms with Gasteiger partial charge in [-0.3, -0.25) is 9.59 Å². The number of halogens is 3. The van der Waals surface area contributed by atoms with Crippen molar-refractivity contribution >= 4 is 75.1 Å². The number of aromatic nitrogens is 3. The standard InChI is InChI=1S/C23H24Cl2IN5O2S/c1-13(2)10-19(28-22(33)17-9-4-14(24)11-18(17)25)21-29-30-23(31(21)3)34-12-20(32)27-16-7-5-15(26)6-8-16/h4-9,11,13,19H,10,12H2,1-3H3,(H,27,32)(H,28,33)/t19-/m1/s1. The SMILES string of the molecule is CC(C)C[C@@H](NC(=O)c1ccc(Cl)cc1Cl)c1nnc(SCC(=O)Nc2ccc(I)cc2)n1C. The van der Waals surface area contributed by atoms with Crippen LogP contribution in [0.1, 0.15) is 42.5 Å². The van der Waals surface area contributed by atoms with Crippen molar-refractivity contribution in [3.63, 3.8) is 0 Å². The third kappa shape index (κ3) is 7.34. The van der Waals surface area contributed by atoms with E-state index in [1.165, 1.54) is 17.8 Å². The fourth-order valence-electron chi connectivity index (χ4n) is 3.23. The Labute approximate surface area is 226 Å². The summed E-state index contributed by atoms with van der Waals surface area (Å²) in [6, 6.07) is 11.9. The Balaban J connectivity index is 1.69. The number of hydrogen-bond donors (Lipinski definition) is 2. The van der Waals surface area contributed by atoms with Crippen LogP contribution in [0.15, 0.2) is 47.6 Å². The van der Waals surface area contributed by atoms with E-state index < -0.39 is 0 Å². The fourth-order valence-corrected chi connectivity index (χ4v) is 4.80. The molecule has 3 rings (SSSR count). The predicted molar refractivity (Wildman–Crippen MR) is 146 cm³/mol. The minimum atomic E-state index is -0.383. The average molecular weight is 632 g/mol. The highest BCUT2D eigenvalue weighted by Crippen LogP contribution is 2.26. The van der Waals surface area contributed by atoms with E-state index in [0.717, 1.165) is 9.26 Å². The highest BCUT2D eigenvalue weighted by molar-refractivity contribution is 14.1. The molecule has 0 unspecified atom stereocenters. The lowest BCUT2D eigenvalue weighted by molar-refractivity contribution is -0.113. The summed E-state index contributed by atoms with van der Waals surface area (Å²) in [4.78, 5) is 25.3. The molecule has 7 nitrogen and oxygen atoms in total. The number of carbonyl (C=O) groups excluding carboxylic acids is 2. The van der Waals surface area contributed by atoms with Gasteiger partial charge in [0.15, 0.2) is 11.0 Å². The van der Waals surface area contributed by atoms with Gasteiger partial charge in [0, 0.05) is 21.3 Å². The van der Waals surface area contributed by atoms with Crippen molar-refractivity contribution in [2.75, 3.05) is 11.1 Å². The molecule has 0 saturated carbocycles. The van der Waals surface area contributed by atoms with E-state index in [9.17, 15) is 9.59 Å². The molecule has 0 radical (unpaired) electrons. The number of benzene rings is 2. The van der Waals surface area contributed by atoms with Gasteiger partial charge in [0.25, 0.3) is 5.91 Å². The molecule has 0 aliphatic rings. The normalized spacial score (nSPS) is 12.0. The predicted octanol–water partition coefficient (Wildman–Crippen LogP) is 5.97. The summed E-state index contributed by atoms with van der Waals surface area (Å²) in [5, 5.41) is 15.8. The van der Waals surface area contributed by atoms with Crippen LogP contribution in [-0.4, -0.2) is 32.3 Å². The van der Waals surface area contributed by atoms with E-state index in [-0.39, 0.29) is 28.6 Å². The molecule has 0 spiro atoms. The lowest BCUT2D eigenvalue weighted by atomic mass is 10.0. The first kappa shape index (κ1) is 26.8. The van der Waals surface area contributed by atoms with E-state index >= 15 is 0 Å². The molecule has 2 N–H and O–H groups in total. The fraction of sp³-hybridized carbons (Fsp3) is 0.304. The Morgan fingerprint density at radius 1 is 1.12 bits per heavy atom. The molecule has 0 aliphatic heterocycles. The van der Waals surface area contributed by atoms with Gasteiger partial charge >= 0.3 is 0 Å². The highest BCUT2D eigenvalue weighted by Gasteiger charge is 2.24. The summed E-state index contributed by atoms with van der Waals surface area (Å²) in [5.41, 5.74) is 1.08. The first-order valence-corrected chi connectivity index (χ1v) is 13.3. The molecule has 1 atom stereocenters. The third-order valence-electron chi connectivity index (χ3n) is 4.83. The van der Waals surface area contributed by atoms with Crippen LogP contribution in [0.3, 0.4) is 0 Å². The molecule has 2 amide bonds. The van der Waals surface area contributed by atoms with E-state index in [0.29, 0.717) is 33.9 Å². The van der Waals surface area contributed by atoms with E-state index in [2.05, 4.69) is 57.3 Å². The number of amides is 2. The summed E-state index contributed by atoms with van der Waals surface area (Å²) in [6.45, 7) is 4.13. The molecule has 0 saturated heterocycles. The molecule has 34 heavy (non-hydrogen) atoms. The number of hydrogen-bond acceptors (Lipinski definition) is 5. The van der Waals surface area contributed by atoms with Crippen molar-refractivity contribution in [1.82, 2.24) is 20.1 Å². The second kappa shape index (κ2) is 12.2. The number of nitrogens with zero attached hydrogens (tertiary/aromatic N) is 3. The van der Waals surface area contributed by atoms with Crippen LogP contribution in [0.5, 0.6) is 0 Å². The van der Waals surface area contributed by atoms with E-state index in [1.807, 2.05) is 31.3 Å². The van der Waals surface area contributed by atoms with Crippen LogP contribution in [0.2, 0.25) is 10.0 Å². The van der Waals surface area contributed by atoms with Gasteiger partial charge < -0.3 is 15.2 Å². The zero-order valence-electron chi connectivity index (χ0n) is 18.8. The number of nitrogens with one attached hydrogen (secondary N) is 2. The number of rotatable bonds is 9. The Morgan fingerprint density at radius 2 is 1.82 bits per heavy atom. The molecule has 3 aromatic rings. The second-order valence-electron chi connectivity index (χ2n) is 8.02. The summed E-state index contributed by atoms with van der Waals surface area (Å²) in [6.07, 6.45) is 0.654. The molecule has 180 valence electrons. The third-order valence-corrected chi connectivity index (χ3v) is 7.12. The van der Waals surface area contributed by atoms with Crippen molar-refractivity contribution in [2.45, 2.75) is 31.5 Å². The molecule has 1 heterocycles. The average Bonchev–Trinajstić information content (AvgIpc) is 3.13. The van der Waals surface area contributed by atoms with E-state index in [4.69, 9.17) is 23.2 Å². The molecular formula is C23H24Cl2IN5O2S. The zero-order valence-corrected chi connectivity index (χ0v) is 23.3. The summed E-state index contributed by atoms with van der Waals surface area (Å²) < 4.78 is 2.90. The summed E-state index contributed by atoms with van der Waals surface area (Å²) in [7, 11) is 1.82. The van der Waals surface area contributed by atoms with Crippen LogP contribution in [0, 0.1) is 9.49 Å². The Hall–Kier alpha value is -1.82. The van der Waals surface area contributed by atoms with Gasteiger partial charge in [0.2, 0.25) is 5.91 Å². The van der Waals surface area contributed by atoms with Crippen molar-refractivity contribution in [3.8, 4) is 0 Å². The van der Waals surface area contributed by atoms with Crippen molar-refractivity contribution in [1.29, 1.82) is 0 Å². The van der Waals surface area contributed by atoms with Gasteiger partial charge in [-0.05, 0) is 77.4 Å². The van der Waals surface area contributed by atoms with Crippen LogP contribution in [0.4, 0.5) is 5.69 Å². The van der Waals surface area contributed by atoms with Crippen molar-refractivity contribution in [3.05, 3.63) is 67.5 Å². The largest absolute Gasteiger partial charge is 0.342 e. The smallest absolute Gasteiger partial charge is 0.253 e. The number of carbonyl (C=O) groups is 2. The summed E-state index contributed by atoms with van der Waals surface area (Å²) in [5.74, 6) is 0.618. The lowest BCUT2D eigenvalue weighted by Gasteiger charge is -2.20. The number of thioether (sulfide) groups is 1. The molecule has 0 aliphatic carbocycles. The Morgan fingerprint density at radius 3 is 2.47 bits per heavy atom. The van der Waals surface area contributed by atoms with Crippen molar-refractivity contribution < 1.29 is 9.59 Å².